The summed E-state index contributed by atoms with van der Waals surface area (Å²) in [6.07, 6.45) is 0. The van der Waals surface area contributed by atoms with Gasteiger partial charge < -0.3 is 15.3 Å². The van der Waals surface area contributed by atoms with Crippen LogP contribution in [0.5, 0.6) is 0 Å². The van der Waals surface area contributed by atoms with E-state index >= 15 is 0 Å². The van der Waals surface area contributed by atoms with E-state index in [4.69, 9.17) is 5.11 Å². The molecule has 1 rings (SSSR count). The van der Waals surface area contributed by atoms with Crippen LogP contribution in [0.3, 0.4) is 0 Å². The molecule has 0 bridgehead atoms. The Kier molecular flexibility index (Phi) is 7.61. The molecule has 1 aromatic rings. The summed E-state index contributed by atoms with van der Waals surface area (Å²) in [5, 5.41) is 12.5. The van der Waals surface area contributed by atoms with Crippen molar-refractivity contribution in [1.29, 1.82) is 0 Å². The molecule has 2 N–H and O–H groups in total. The van der Waals surface area contributed by atoms with Crippen molar-refractivity contribution in [3.63, 3.8) is 0 Å². The number of aliphatic hydroxyl groups excluding tert-OH is 1. The van der Waals surface area contributed by atoms with Crippen molar-refractivity contribution in [3.8, 4) is 0 Å². The molecule has 4 nitrogen and oxygen atoms in total. The number of carbonyl (C=O) groups is 1. The summed E-state index contributed by atoms with van der Waals surface area (Å²) in [5.74, 6) is 0. The molecule has 0 saturated carbocycles. The summed E-state index contributed by atoms with van der Waals surface area (Å²) in [5.41, 5.74) is 1.08. The number of likely N-dealkylation sites (N-methyl/N-ethyl adjacent to an activating group) is 1. The summed E-state index contributed by atoms with van der Waals surface area (Å²) in [4.78, 5) is 14.9. The highest BCUT2D eigenvalue weighted by Crippen LogP contribution is 2.24. The molecule has 0 fully saturated rings. The van der Waals surface area contributed by atoms with E-state index in [0.717, 1.165) is 5.56 Å². The fourth-order valence-electron chi connectivity index (χ4n) is 1.99. The lowest BCUT2D eigenvalue weighted by Crippen LogP contribution is -2.42. The number of aliphatic hydroxyl groups is 1. The molecule has 0 spiro atoms. The van der Waals surface area contributed by atoms with E-state index in [0.29, 0.717) is 18.3 Å². The van der Waals surface area contributed by atoms with E-state index in [1.54, 1.807) is 4.90 Å². The van der Waals surface area contributed by atoms with Crippen molar-refractivity contribution in [2.24, 2.45) is 0 Å². The maximum absolute atomic E-state index is 12.1. The van der Waals surface area contributed by atoms with Gasteiger partial charge in [-0.25, -0.2) is 4.79 Å². The molecule has 5 heteroatoms. The number of nitrogens with one attached hydrogen (secondary N) is 1. The molecule has 0 aromatic heterocycles. The topological polar surface area (TPSA) is 52.6 Å². The fraction of sp³-hybridized carbons (Fsp3) is 0.562. The summed E-state index contributed by atoms with van der Waals surface area (Å²) in [6, 6.07) is 8.10. The smallest absolute Gasteiger partial charge is 0.317 e. The predicted molar refractivity (Wildman–Crippen MR) is 88.7 cm³/mol. The quantitative estimate of drug-likeness (QED) is 0.760. The number of hydrogen-bond donors (Lipinski definition) is 2. The van der Waals surface area contributed by atoms with Gasteiger partial charge in [-0.2, -0.15) is 0 Å². The van der Waals surface area contributed by atoms with Crippen molar-refractivity contribution in [3.05, 3.63) is 29.8 Å². The molecule has 0 aliphatic heterocycles. The van der Waals surface area contributed by atoms with Crippen LogP contribution in [-0.4, -0.2) is 41.0 Å². The van der Waals surface area contributed by atoms with E-state index in [1.807, 2.05) is 25.6 Å². The van der Waals surface area contributed by atoms with Crippen molar-refractivity contribution >= 4 is 17.8 Å². The van der Waals surface area contributed by atoms with Crippen molar-refractivity contribution in [1.82, 2.24) is 10.2 Å². The van der Waals surface area contributed by atoms with E-state index in [-0.39, 0.29) is 18.7 Å². The molecule has 0 saturated heterocycles. The maximum atomic E-state index is 12.1. The Morgan fingerprint density at radius 2 is 1.90 bits per heavy atom. The zero-order chi connectivity index (χ0) is 15.8. The SMILES string of the molecule is CCN(CCO)C(=O)NC(C)c1ccc(SC(C)C)cc1. The second kappa shape index (κ2) is 8.95. The number of rotatable bonds is 7. The van der Waals surface area contributed by atoms with Gasteiger partial charge in [0.1, 0.15) is 0 Å². The normalized spacial score (nSPS) is 12.3. The van der Waals surface area contributed by atoms with Crippen LogP contribution < -0.4 is 5.32 Å². The minimum atomic E-state index is -0.139. The molecule has 0 heterocycles. The van der Waals surface area contributed by atoms with Gasteiger partial charge in [0.25, 0.3) is 0 Å². The Morgan fingerprint density at radius 3 is 2.38 bits per heavy atom. The second-order valence-corrected chi connectivity index (χ2v) is 6.86. The number of benzene rings is 1. The lowest BCUT2D eigenvalue weighted by Gasteiger charge is -2.23. The van der Waals surface area contributed by atoms with Gasteiger partial charge in [-0.15, -0.1) is 11.8 Å². The van der Waals surface area contributed by atoms with Gasteiger partial charge in [0.15, 0.2) is 0 Å². The van der Waals surface area contributed by atoms with Crippen LogP contribution in [0.2, 0.25) is 0 Å². The first-order chi connectivity index (χ1) is 9.97. The average Bonchev–Trinajstić information content (AvgIpc) is 2.44. The number of urea groups is 1. The predicted octanol–water partition coefficient (Wildman–Crippen LogP) is 3.27. The largest absolute Gasteiger partial charge is 0.395 e. The first-order valence-electron chi connectivity index (χ1n) is 7.40. The summed E-state index contributed by atoms with van der Waals surface area (Å²) < 4.78 is 0. The summed E-state index contributed by atoms with van der Waals surface area (Å²) in [6.45, 7) is 9.13. The van der Waals surface area contributed by atoms with Gasteiger partial charge >= 0.3 is 6.03 Å². The molecule has 2 amide bonds. The van der Waals surface area contributed by atoms with E-state index in [2.05, 4.69) is 43.4 Å². The van der Waals surface area contributed by atoms with Gasteiger partial charge in [-0.3, -0.25) is 0 Å². The standard InChI is InChI=1S/C16H26N2O2S/c1-5-18(10-11-19)16(20)17-13(4)14-6-8-15(9-7-14)21-12(2)3/h6-9,12-13,19H,5,10-11H2,1-4H3,(H,17,20). The lowest BCUT2D eigenvalue weighted by atomic mass is 10.1. The van der Waals surface area contributed by atoms with Gasteiger partial charge in [-0.05, 0) is 31.5 Å². The minimum absolute atomic E-state index is 0.0171. The summed E-state index contributed by atoms with van der Waals surface area (Å²) in [7, 11) is 0. The Balaban J connectivity index is 2.62. The van der Waals surface area contributed by atoms with Crippen LogP contribution >= 0.6 is 11.8 Å². The zero-order valence-corrected chi connectivity index (χ0v) is 14.1. The molecule has 0 radical (unpaired) electrons. The number of carbonyl (C=O) groups excluding carboxylic acids is 1. The van der Waals surface area contributed by atoms with Gasteiger partial charge in [0, 0.05) is 23.2 Å². The number of hydrogen-bond acceptors (Lipinski definition) is 3. The van der Waals surface area contributed by atoms with Crippen molar-refractivity contribution in [2.75, 3.05) is 19.7 Å². The van der Waals surface area contributed by atoms with Crippen LogP contribution in [0.1, 0.15) is 39.3 Å². The maximum Gasteiger partial charge on any atom is 0.317 e. The monoisotopic (exact) mass is 310 g/mol. The van der Waals surface area contributed by atoms with E-state index < -0.39 is 0 Å². The van der Waals surface area contributed by atoms with Crippen LogP contribution in [0, 0.1) is 0 Å². The highest BCUT2D eigenvalue weighted by atomic mass is 32.2. The molecule has 0 aliphatic carbocycles. The van der Waals surface area contributed by atoms with E-state index in [1.165, 1.54) is 4.90 Å². The molecule has 118 valence electrons. The van der Waals surface area contributed by atoms with Gasteiger partial charge in [-0.1, -0.05) is 26.0 Å². The van der Waals surface area contributed by atoms with Gasteiger partial charge in [0.05, 0.1) is 12.6 Å². The van der Waals surface area contributed by atoms with Crippen molar-refractivity contribution < 1.29 is 9.90 Å². The number of thioether (sulfide) groups is 1. The molecular weight excluding hydrogens is 284 g/mol. The van der Waals surface area contributed by atoms with E-state index in [9.17, 15) is 4.79 Å². The lowest BCUT2D eigenvalue weighted by molar-refractivity contribution is 0.178. The minimum Gasteiger partial charge on any atom is -0.395 e. The summed E-state index contributed by atoms with van der Waals surface area (Å²) >= 11 is 1.82. The molecule has 21 heavy (non-hydrogen) atoms. The Hall–Kier alpha value is -1.20. The zero-order valence-electron chi connectivity index (χ0n) is 13.3. The fourth-order valence-corrected chi connectivity index (χ4v) is 2.83. The molecule has 0 aliphatic rings. The Morgan fingerprint density at radius 1 is 1.29 bits per heavy atom. The molecular formula is C16H26N2O2S. The van der Waals surface area contributed by atoms with Crippen LogP contribution in [0.4, 0.5) is 4.79 Å². The van der Waals surface area contributed by atoms with Crippen molar-refractivity contribution in [2.45, 2.75) is 43.9 Å². The van der Waals surface area contributed by atoms with Crippen LogP contribution in [-0.2, 0) is 0 Å². The van der Waals surface area contributed by atoms with Crippen LogP contribution in [0.25, 0.3) is 0 Å². The number of amides is 2. The average molecular weight is 310 g/mol. The third-order valence-electron chi connectivity index (χ3n) is 3.13. The Labute approximate surface area is 131 Å². The third-order valence-corrected chi connectivity index (χ3v) is 4.15. The third kappa shape index (κ3) is 5.98. The first kappa shape index (κ1) is 17.9. The molecule has 1 unspecified atom stereocenters. The second-order valence-electron chi connectivity index (χ2n) is 5.21. The van der Waals surface area contributed by atoms with Gasteiger partial charge in [0.2, 0.25) is 0 Å². The van der Waals surface area contributed by atoms with Crippen LogP contribution in [0.15, 0.2) is 29.2 Å². The highest BCUT2D eigenvalue weighted by molar-refractivity contribution is 7.99. The Bertz CT molecular complexity index is 434. The number of nitrogens with zero attached hydrogens (tertiary/aromatic N) is 1. The first-order valence-corrected chi connectivity index (χ1v) is 8.28. The molecule has 1 atom stereocenters. The highest BCUT2D eigenvalue weighted by Gasteiger charge is 2.14. The molecule has 1 aromatic carbocycles.